The molecule has 2 heterocycles. The molecule has 0 amide bonds. The summed E-state index contributed by atoms with van der Waals surface area (Å²) < 4.78 is 15.9. The lowest BCUT2D eigenvalue weighted by Gasteiger charge is -2.39. The minimum Gasteiger partial charge on any atom is -0.427 e. The molecule has 3 aromatic rings. The molecule has 176 valence electrons. The van der Waals surface area contributed by atoms with Crippen molar-refractivity contribution in [3.8, 4) is 5.75 Å². The van der Waals surface area contributed by atoms with Gasteiger partial charge in [0, 0.05) is 29.4 Å². The summed E-state index contributed by atoms with van der Waals surface area (Å²) in [6, 6.07) is 21.8. The van der Waals surface area contributed by atoms with Crippen molar-refractivity contribution in [2.75, 3.05) is 4.67 Å². The summed E-state index contributed by atoms with van der Waals surface area (Å²) >= 11 is 0. The molecule has 0 fully saturated rings. The van der Waals surface area contributed by atoms with Crippen LogP contribution in [0.4, 0.5) is 5.69 Å². The van der Waals surface area contributed by atoms with Crippen molar-refractivity contribution in [1.82, 2.24) is 0 Å². The number of anilines is 1. The molecule has 0 saturated carbocycles. The standard InChI is InChI=1S/C30H29NO2P2/c1-21-14-15-23-9-3-6-12-28(23)31(21)35-32-25(18-16-24-10-4-7-13-30(24)34)20-27-26-11-5-2-8-22(26)17-19-29(27)33-35/h2-13,16-19,21,30H,14-15,20,34H2,1H3/b24-16-,25-18+/t21-,30?,35?/m0/s1. The van der Waals surface area contributed by atoms with Crippen LogP contribution in [-0.4, -0.2) is 11.7 Å². The van der Waals surface area contributed by atoms with Crippen LogP contribution in [0, 0.1) is 0 Å². The second kappa shape index (κ2) is 9.65. The van der Waals surface area contributed by atoms with Gasteiger partial charge in [0.2, 0.25) is 0 Å². The quantitative estimate of drug-likeness (QED) is 0.335. The van der Waals surface area contributed by atoms with Crippen molar-refractivity contribution in [1.29, 1.82) is 0 Å². The van der Waals surface area contributed by atoms with Gasteiger partial charge in [-0.05, 0) is 59.9 Å². The van der Waals surface area contributed by atoms with E-state index >= 15 is 0 Å². The Hall–Kier alpha value is -2.86. The summed E-state index contributed by atoms with van der Waals surface area (Å²) in [5, 5.41) is 2.45. The first-order chi connectivity index (χ1) is 17.2. The van der Waals surface area contributed by atoms with Crippen LogP contribution in [0.3, 0.4) is 0 Å². The van der Waals surface area contributed by atoms with E-state index in [4.69, 9.17) is 9.05 Å². The lowest BCUT2D eigenvalue weighted by Crippen LogP contribution is -2.34. The second-order valence-corrected chi connectivity index (χ2v) is 11.3. The van der Waals surface area contributed by atoms with Crippen LogP contribution in [-0.2, 0) is 17.4 Å². The SMILES string of the molecule is C[C@H]1CCc2ccccc2N1P1O/C(=C/C=C2/C=CC=CC2P)Cc2c(ccc3ccccc23)O1. The molecule has 1 aliphatic carbocycles. The molecule has 3 nitrogen and oxygen atoms in total. The van der Waals surface area contributed by atoms with Gasteiger partial charge in [0.25, 0.3) is 0 Å². The zero-order chi connectivity index (χ0) is 23.8. The van der Waals surface area contributed by atoms with Crippen molar-refractivity contribution in [2.45, 2.75) is 37.9 Å². The van der Waals surface area contributed by atoms with Gasteiger partial charge in [0.15, 0.2) is 0 Å². The molecule has 0 bridgehead atoms. The van der Waals surface area contributed by atoms with Crippen LogP contribution in [0.15, 0.2) is 108 Å². The summed E-state index contributed by atoms with van der Waals surface area (Å²) in [4.78, 5) is 0. The van der Waals surface area contributed by atoms with E-state index in [1.807, 2.05) is 0 Å². The highest BCUT2D eigenvalue weighted by atomic mass is 31.2. The Bertz CT molecular complexity index is 1390. The van der Waals surface area contributed by atoms with E-state index in [-0.39, 0.29) is 0 Å². The van der Waals surface area contributed by atoms with Gasteiger partial charge in [0.05, 0.1) is 0 Å². The van der Waals surface area contributed by atoms with Gasteiger partial charge in [-0.1, -0.05) is 78.9 Å². The minimum atomic E-state index is -1.37. The summed E-state index contributed by atoms with van der Waals surface area (Å²) in [6.45, 7) is 2.28. The van der Waals surface area contributed by atoms with E-state index in [2.05, 4.69) is 118 Å². The van der Waals surface area contributed by atoms with Gasteiger partial charge in [-0.3, -0.25) is 4.67 Å². The number of hydrogen-bond donors (Lipinski definition) is 0. The maximum Gasteiger partial charge on any atom is 0.417 e. The fraction of sp³-hybridized carbons (Fsp3) is 0.200. The molecule has 5 heteroatoms. The number of nitrogens with zero attached hydrogens (tertiary/aromatic N) is 1. The maximum atomic E-state index is 6.77. The van der Waals surface area contributed by atoms with Crippen molar-refractivity contribution < 1.29 is 9.05 Å². The van der Waals surface area contributed by atoms with E-state index < -0.39 is 8.53 Å². The molecule has 0 saturated heterocycles. The predicted molar refractivity (Wildman–Crippen MR) is 151 cm³/mol. The lowest BCUT2D eigenvalue weighted by molar-refractivity contribution is 0.399. The molecule has 4 atom stereocenters. The Balaban J connectivity index is 1.46. The number of benzene rings is 3. The molecule has 3 aromatic carbocycles. The first-order valence-corrected chi connectivity index (χ1v) is 14.0. The van der Waals surface area contributed by atoms with Crippen molar-refractivity contribution in [3.05, 3.63) is 120 Å². The van der Waals surface area contributed by atoms with Crippen LogP contribution in [0.5, 0.6) is 5.75 Å². The molecule has 0 N–H and O–H groups in total. The molecule has 3 aliphatic rings. The number of allylic oxidation sites excluding steroid dienone is 8. The Labute approximate surface area is 211 Å². The Morgan fingerprint density at radius 1 is 0.971 bits per heavy atom. The highest BCUT2D eigenvalue weighted by Gasteiger charge is 2.37. The van der Waals surface area contributed by atoms with Crippen LogP contribution in [0.25, 0.3) is 10.8 Å². The first kappa shape index (κ1) is 22.6. The molecule has 6 rings (SSSR count). The zero-order valence-electron chi connectivity index (χ0n) is 19.8. The smallest absolute Gasteiger partial charge is 0.417 e. The van der Waals surface area contributed by atoms with E-state index in [0.717, 1.165) is 24.4 Å². The monoisotopic (exact) mass is 497 g/mol. The molecule has 0 spiro atoms. The highest BCUT2D eigenvalue weighted by Crippen LogP contribution is 2.55. The van der Waals surface area contributed by atoms with Crippen molar-refractivity contribution >= 4 is 34.2 Å². The highest BCUT2D eigenvalue weighted by molar-refractivity contribution is 7.49. The molecule has 0 aromatic heterocycles. The molecular formula is C30H29NO2P2. The van der Waals surface area contributed by atoms with Crippen molar-refractivity contribution in [2.24, 2.45) is 0 Å². The summed E-state index contributed by atoms with van der Waals surface area (Å²) in [7, 11) is 1.54. The number of fused-ring (bicyclic) bond motifs is 4. The predicted octanol–water partition coefficient (Wildman–Crippen LogP) is 8.04. The van der Waals surface area contributed by atoms with Gasteiger partial charge < -0.3 is 9.05 Å². The molecule has 2 aliphatic heterocycles. The summed E-state index contributed by atoms with van der Waals surface area (Å²) in [5.41, 5.74) is 5.34. The van der Waals surface area contributed by atoms with Gasteiger partial charge in [0.1, 0.15) is 11.5 Å². The van der Waals surface area contributed by atoms with E-state index in [0.29, 0.717) is 18.1 Å². The second-order valence-electron chi connectivity index (χ2n) is 9.29. The molecule has 0 radical (unpaired) electrons. The van der Waals surface area contributed by atoms with E-state index in [9.17, 15) is 0 Å². The molecular weight excluding hydrogens is 468 g/mol. The number of para-hydroxylation sites is 1. The third kappa shape index (κ3) is 4.44. The van der Waals surface area contributed by atoms with Crippen LogP contribution in [0.1, 0.15) is 24.5 Å². The number of rotatable bonds is 2. The Morgan fingerprint density at radius 3 is 2.74 bits per heavy atom. The fourth-order valence-corrected chi connectivity index (χ4v) is 7.06. The van der Waals surface area contributed by atoms with Gasteiger partial charge in [-0.2, -0.15) is 0 Å². The minimum absolute atomic E-state index is 0.308. The topological polar surface area (TPSA) is 21.7 Å². The van der Waals surface area contributed by atoms with E-state index in [1.165, 1.54) is 33.2 Å². The Kier molecular flexibility index (Phi) is 6.23. The van der Waals surface area contributed by atoms with Crippen LogP contribution < -0.4 is 9.19 Å². The van der Waals surface area contributed by atoms with Crippen LogP contribution in [0.2, 0.25) is 0 Å². The van der Waals surface area contributed by atoms with Gasteiger partial charge in [-0.25, -0.2) is 0 Å². The lowest BCUT2D eigenvalue weighted by atomic mass is 9.99. The normalized spacial score (nSPS) is 25.7. The number of hydrogen-bond acceptors (Lipinski definition) is 3. The summed E-state index contributed by atoms with van der Waals surface area (Å²) in [5.74, 6) is 1.86. The average Bonchev–Trinajstić information content (AvgIpc) is 3.07. The number of aryl methyl sites for hydroxylation is 1. The van der Waals surface area contributed by atoms with Crippen LogP contribution >= 0.6 is 17.8 Å². The fourth-order valence-electron chi connectivity index (χ4n) is 5.02. The molecule has 35 heavy (non-hydrogen) atoms. The largest absolute Gasteiger partial charge is 0.427 e. The summed E-state index contributed by atoms with van der Waals surface area (Å²) in [6.07, 6.45) is 15.7. The average molecular weight is 498 g/mol. The van der Waals surface area contributed by atoms with Gasteiger partial charge >= 0.3 is 8.53 Å². The van der Waals surface area contributed by atoms with E-state index in [1.54, 1.807) is 0 Å². The third-order valence-electron chi connectivity index (χ3n) is 6.95. The van der Waals surface area contributed by atoms with Gasteiger partial charge in [-0.15, -0.1) is 9.24 Å². The maximum absolute atomic E-state index is 6.77. The Morgan fingerprint density at radius 2 is 1.83 bits per heavy atom. The third-order valence-corrected chi connectivity index (χ3v) is 9.26. The van der Waals surface area contributed by atoms with Crippen molar-refractivity contribution in [3.63, 3.8) is 0 Å². The molecule has 3 unspecified atom stereocenters. The first-order valence-electron chi connectivity index (χ1n) is 12.2. The zero-order valence-corrected chi connectivity index (χ0v) is 21.9.